The van der Waals surface area contributed by atoms with Gasteiger partial charge in [-0.15, -0.1) is 0 Å². The SMILES string of the molecule is O=C(CC(c1ccccc1)c1cnc2ccc(Cl)cn12)NCc1ccc2c(c1)OCO2. The lowest BCUT2D eigenvalue weighted by atomic mass is 9.92. The van der Waals surface area contributed by atoms with Gasteiger partial charge >= 0.3 is 0 Å². The minimum Gasteiger partial charge on any atom is -0.454 e. The standard InChI is InChI=1S/C24H20ClN3O3/c25-18-7-9-23-26-13-20(28(23)14-18)19(17-4-2-1-3-5-17)11-24(29)27-12-16-6-8-21-22(10-16)31-15-30-21/h1-10,13-14,19H,11-12,15H2,(H,27,29). The van der Waals surface area contributed by atoms with E-state index in [9.17, 15) is 4.79 Å². The van der Waals surface area contributed by atoms with Gasteiger partial charge in [-0.1, -0.05) is 48.0 Å². The molecule has 0 saturated carbocycles. The molecule has 1 amide bonds. The quantitative estimate of drug-likeness (QED) is 0.484. The van der Waals surface area contributed by atoms with Gasteiger partial charge in [0.05, 0.1) is 10.7 Å². The summed E-state index contributed by atoms with van der Waals surface area (Å²) in [6.07, 6.45) is 3.93. The van der Waals surface area contributed by atoms with Gasteiger partial charge in [-0.25, -0.2) is 4.98 Å². The Kier molecular flexibility index (Phi) is 5.22. The highest BCUT2D eigenvalue weighted by atomic mass is 35.5. The summed E-state index contributed by atoms with van der Waals surface area (Å²) >= 11 is 6.21. The van der Waals surface area contributed by atoms with Crippen LogP contribution in [-0.4, -0.2) is 22.1 Å². The summed E-state index contributed by atoms with van der Waals surface area (Å²) in [6, 6.07) is 19.3. The van der Waals surface area contributed by atoms with Crippen LogP contribution in [-0.2, 0) is 11.3 Å². The van der Waals surface area contributed by atoms with Crippen molar-refractivity contribution in [3.05, 3.63) is 94.9 Å². The Labute approximate surface area is 184 Å². The molecule has 1 unspecified atom stereocenters. The van der Waals surface area contributed by atoms with E-state index in [1.165, 1.54) is 0 Å². The minimum absolute atomic E-state index is 0.0523. The van der Waals surface area contributed by atoms with Gasteiger partial charge in [0.15, 0.2) is 11.5 Å². The number of pyridine rings is 1. The molecule has 3 heterocycles. The predicted molar refractivity (Wildman–Crippen MR) is 118 cm³/mol. The molecule has 0 fully saturated rings. The first-order chi connectivity index (χ1) is 15.2. The van der Waals surface area contributed by atoms with E-state index in [2.05, 4.69) is 10.3 Å². The van der Waals surface area contributed by atoms with Crippen molar-refractivity contribution >= 4 is 23.2 Å². The maximum Gasteiger partial charge on any atom is 0.231 e. The van der Waals surface area contributed by atoms with Crippen LogP contribution in [0.2, 0.25) is 5.02 Å². The molecule has 2 aromatic heterocycles. The molecule has 0 radical (unpaired) electrons. The molecule has 7 heteroatoms. The predicted octanol–water partition coefficient (Wildman–Crippen LogP) is 4.55. The maximum absolute atomic E-state index is 12.9. The molecular weight excluding hydrogens is 414 g/mol. The number of ether oxygens (including phenoxy) is 2. The fourth-order valence-corrected chi connectivity index (χ4v) is 3.98. The Balaban J connectivity index is 1.37. The number of benzene rings is 2. The minimum atomic E-state index is -0.161. The van der Waals surface area contributed by atoms with Crippen LogP contribution in [0.4, 0.5) is 0 Å². The van der Waals surface area contributed by atoms with Crippen molar-refractivity contribution in [1.82, 2.24) is 14.7 Å². The molecule has 31 heavy (non-hydrogen) atoms. The molecule has 4 aromatic rings. The number of amides is 1. The number of imidazole rings is 1. The first-order valence-electron chi connectivity index (χ1n) is 10.00. The van der Waals surface area contributed by atoms with Crippen molar-refractivity contribution in [2.24, 2.45) is 0 Å². The first kappa shape index (κ1) is 19.5. The van der Waals surface area contributed by atoms with E-state index in [1.54, 1.807) is 0 Å². The zero-order valence-corrected chi connectivity index (χ0v) is 17.4. The zero-order valence-electron chi connectivity index (χ0n) is 16.6. The van der Waals surface area contributed by atoms with E-state index in [-0.39, 0.29) is 25.0 Å². The number of carbonyl (C=O) groups excluding carboxylic acids is 1. The van der Waals surface area contributed by atoms with E-state index >= 15 is 0 Å². The van der Waals surface area contributed by atoms with Crippen molar-refractivity contribution in [3.63, 3.8) is 0 Å². The second-order valence-electron chi connectivity index (χ2n) is 7.39. The van der Waals surface area contributed by atoms with Crippen LogP contribution in [0.25, 0.3) is 5.65 Å². The lowest BCUT2D eigenvalue weighted by Crippen LogP contribution is -2.25. The second kappa shape index (κ2) is 8.32. The highest BCUT2D eigenvalue weighted by Crippen LogP contribution is 2.33. The van der Waals surface area contributed by atoms with E-state index in [0.717, 1.165) is 28.2 Å². The summed E-state index contributed by atoms with van der Waals surface area (Å²) in [6.45, 7) is 0.642. The van der Waals surface area contributed by atoms with E-state index in [4.69, 9.17) is 21.1 Å². The average molecular weight is 434 g/mol. The second-order valence-corrected chi connectivity index (χ2v) is 7.83. The zero-order chi connectivity index (χ0) is 21.2. The Morgan fingerprint density at radius 1 is 1.10 bits per heavy atom. The van der Waals surface area contributed by atoms with Crippen LogP contribution in [0.1, 0.15) is 29.2 Å². The van der Waals surface area contributed by atoms with Crippen molar-refractivity contribution in [3.8, 4) is 11.5 Å². The van der Waals surface area contributed by atoms with Crippen LogP contribution in [0.3, 0.4) is 0 Å². The number of carbonyl (C=O) groups is 1. The number of hydrogen-bond donors (Lipinski definition) is 1. The molecule has 6 nitrogen and oxygen atoms in total. The van der Waals surface area contributed by atoms with Crippen molar-refractivity contribution < 1.29 is 14.3 Å². The number of nitrogens with one attached hydrogen (secondary N) is 1. The molecule has 1 N–H and O–H groups in total. The molecular formula is C24H20ClN3O3. The third kappa shape index (κ3) is 4.07. The summed E-state index contributed by atoms with van der Waals surface area (Å²) in [5, 5.41) is 3.64. The monoisotopic (exact) mass is 433 g/mol. The number of hydrogen-bond acceptors (Lipinski definition) is 4. The number of rotatable bonds is 6. The summed E-state index contributed by atoms with van der Waals surface area (Å²) in [5.74, 6) is 1.22. The van der Waals surface area contributed by atoms with Gasteiger partial charge in [-0.2, -0.15) is 0 Å². The molecule has 2 aromatic carbocycles. The Morgan fingerprint density at radius 3 is 2.81 bits per heavy atom. The number of fused-ring (bicyclic) bond motifs is 2. The third-order valence-electron chi connectivity index (χ3n) is 5.37. The van der Waals surface area contributed by atoms with Crippen LogP contribution in [0.15, 0.2) is 73.1 Å². The van der Waals surface area contributed by atoms with E-state index < -0.39 is 0 Å². The van der Waals surface area contributed by atoms with Gasteiger partial charge in [0, 0.05) is 31.3 Å². The Morgan fingerprint density at radius 2 is 1.94 bits per heavy atom. The number of aromatic nitrogens is 2. The normalized spacial score (nSPS) is 13.3. The topological polar surface area (TPSA) is 64.9 Å². The molecule has 156 valence electrons. The van der Waals surface area contributed by atoms with Crippen molar-refractivity contribution in [2.45, 2.75) is 18.9 Å². The van der Waals surface area contributed by atoms with E-state index in [0.29, 0.717) is 17.3 Å². The highest BCUT2D eigenvalue weighted by molar-refractivity contribution is 6.30. The lowest BCUT2D eigenvalue weighted by molar-refractivity contribution is -0.121. The van der Waals surface area contributed by atoms with Crippen LogP contribution in [0.5, 0.6) is 11.5 Å². The van der Waals surface area contributed by atoms with Crippen molar-refractivity contribution in [2.75, 3.05) is 6.79 Å². The van der Waals surface area contributed by atoms with Gasteiger partial charge in [-0.3, -0.25) is 4.79 Å². The summed E-state index contributed by atoms with van der Waals surface area (Å²) in [5.41, 5.74) is 3.71. The van der Waals surface area contributed by atoms with Crippen molar-refractivity contribution in [1.29, 1.82) is 0 Å². The molecule has 5 rings (SSSR count). The molecule has 0 aliphatic carbocycles. The van der Waals surface area contributed by atoms with E-state index in [1.807, 2.05) is 77.5 Å². The van der Waals surface area contributed by atoms with Crippen LogP contribution in [0, 0.1) is 0 Å². The molecule has 1 aliphatic heterocycles. The largest absolute Gasteiger partial charge is 0.454 e. The maximum atomic E-state index is 12.9. The van der Waals surface area contributed by atoms with Gasteiger partial charge in [0.25, 0.3) is 0 Å². The molecule has 1 atom stereocenters. The smallest absolute Gasteiger partial charge is 0.231 e. The summed E-state index contributed by atoms with van der Waals surface area (Å²) in [7, 11) is 0. The highest BCUT2D eigenvalue weighted by Gasteiger charge is 2.22. The van der Waals surface area contributed by atoms with Gasteiger partial charge in [0.2, 0.25) is 12.7 Å². The summed E-state index contributed by atoms with van der Waals surface area (Å²) in [4.78, 5) is 17.4. The van der Waals surface area contributed by atoms with Gasteiger partial charge in [0.1, 0.15) is 5.65 Å². The lowest BCUT2D eigenvalue weighted by Gasteiger charge is -2.17. The third-order valence-corrected chi connectivity index (χ3v) is 5.60. The number of nitrogens with zero attached hydrogens (tertiary/aromatic N) is 2. The molecule has 0 saturated heterocycles. The Hall–Kier alpha value is -3.51. The molecule has 1 aliphatic rings. The molecule has 0 spiro atoms. The fraction of sp³-hybridized carbons (Fsp3) is 0.167. The van der Waals surface area contributed by atoms with Crippen LogP contribution < -0.4 is 14.8 Å². The molecule has 0 bridgehead atoms. The van der Waals surface area contributed by atoms with Crippen LogP contribution >= 0.6 is 11.6 Å². The number of halogens is 1. The summed E-state index contributed by atoms with van der Waals surface area (Å²) < 4.78 is 12.7. The average Bonchev–Trinajstić information content (AvgIpc) is 3.43. The van der Waals surface area contributed by atoms with Gasteiger partial charge in [-0.05, 0) is 35.4 Å². The fourth-order valence-electron chi connectivity index (χ4n) is 3.82. The first-order valence-corrected chi connectivity index (χ1v) is 10.4. The Bertz CT molecular complexity index is 1240. The van der Waals surface area contributed by atoms with Gasteiger partial charge < -0.3 is 19.2 Å².